The molecule has 0 spiro atoms. The van der Waals surface area contributed by atoms with Crippen LogP contribution in [0.2, 0.25) is 0 Å². The van der Waals surface area contributed by atoms with Crippen LogP contribution in [0.3, 0.4) is 0 Å². The van der Waals surface area contributed by atoms with Gasteiger partial charge in [0, 0.05) is 23.7 Å². The molecule has 1 aliphatic heterocycles. The number of allylic oxidation sites excluding steroid dienone is 2. The summed E-state index contributed by atoms with van der Waals surface area (Å²) in [6.07, 6.45) is 9.31. The second-order valence-corrected chi connectivity index (χ2v) is 7.18. The molecule has 1 fully saturated rings. The molecule has 0 aromatic carbocycles. The Kier molecular flexibility index (Phi) is 9.12. The highest BCUT2D eigenvalue weighted by molar-refractivity contribution is 5.99. The van der Waals surface area contributed by atoms with Gasteiger partial charge in [-0.2, -0.15) is 0 Å². The largest absolute Gasteiger partial charge is 0.312 e. The van der Waals surface area contributed by atoms with E-state index in [1.54, 1.807) is 0 Å². The summed E-state index contributed by atoms with van der Waals surface area (Å²) in [4.78, 5) is 4.49. The smallest absolute Gasteiger partial charge is 0.0397 e. The Labute approximate surface area is 133 Å². The molecule has 0 radical (unpaired) electrons. The molecule has 0 aromatic rings. The Hall–Kier alpha value is -0.630. The molecule has 2 heteroatoms. The van der Waals surface area contributed by atoms with Gasteiger partial charge in [-0.05, 0) is 58.1 Å². The van der Waals surface area contributed by atoms with Gasteiger partial charge in [0.1, 0.15) is 0 Å². The van der Waals surface area contributed by atoms with Crippen LogP contribution in [0.5, 0.6) is 0 Å². The van der Waals surface area contributed by atoms with Crippen molar-refractivity contribution >= 4 is 5.71 Å². The fraction of sp³-hybridized carbons (Fsp3) is 0.842. The zero-order chi connectivity index (χ0) is 16.5. The molecule has 1 unspecified atom stereocenters. The van der Waals surface area contributed by atoms with Crippen LogP contribution in [0.25, 0.3) is 0 Å². The zero-order valence-electron chi connectivity index (χ0n) is 15.7. The number of nitrogens with one attached hydrogen (secondary N) is 1. The maximum Gasteiger partial charge on any atom is 0.0397 e. The zero-order valence-corrected chi connectivity index (χ0v) is 15.7. The molecule has 1 aliphatic rings. The van der Waals surface area contributed by atoms with E-state index in [1.807, 2.05) is 20.9 Å². The lowest BCUT2D eigenvalue weighted by Gasteiger charge is -2.26. The van der Waals surface area contributed by atoms with E-state index in [0.717, 1.165) is 12.3 Å². The van der Waals surface area contributed by atoms with Crippen LogP contribution in [-0.4, -0.2) is 24.8 Å². The number of hydrogen-bond donors (Lipinski definition) is 1. The number of aliphatic imine (C=N–C) groups is 1. The summed E-state index contributed by atoms with van der Waals surface area (Å²) in [5.74, 6) is 0.822. The summed E-state index contributed by atoms with van der Waals surface area (Å²) in [5.41, 5.74) is 1.76. The van der Waals surface area contributed by atoms with Crippen molar-refractivity contribution in [3.8, 4) is 0 Å². The van der Waals surface area contributed by atoms with E-state index in [2.05, 4.69) is 57.1 Å². The van der Waals surface area contributed by atoms with Gasteiger partial charge in [0.05, 0.1) is 0 Å². The molecule has 0 saturated carbocycles. The van der Waals surface area contributed by atoms with E-state index in [4.69, 9.17) is 0 Å². The van der Waals surface area contributed by atoms with Gasteiger partial charge in [-0.25, -0.2) is 0 Å². The van der Waals surface area contributed by atoms with Crippen molar-refractivity contribution in [2.45, 2.75) is 79.7 Å². The summed E-state index contributed by atoms with van der Waals surface area (Å²) >= 11 is 0. The molecule has 1 N–H and O–H groups in total. The molecule has 0 aliphatic carbocycles. The fourth-order valence-electron chi connectivity index (χ4n) is 3.02. The van der Waals surface area contributed by atoms with Crippen LogP contribution in [-0.2, 0) is 0 Å². The summed E-state index contributed by atoms with van der Waals surface area (Å²) in [5, 5.41) is 3.62. The van der Waals surface area contributed by atoms with E-state index in [1.165, 1.54) is 31.5 Å². The molecular formula is C19H38N2. The average Bonchev–Trinajstić information content (AvgIpc) is 2.79. The minimum atomic E-state index is 0.188. The molecular weight excluding hydrogens is 256 g/mol. The van der Waals surface area contributed by atoms with Crippen molar-refractivity contribution in [1.82, 2.24) is 5.32 Å². The first kappa shape index (κ1) is 20.4. The van der Waals surface area contributed by atoms with Gasteiger partial charge in [-0.3, -0.25) is 4.99 Å². The molecule has 1 saturated heterocycles. The van der Waals surface area contributed by atoms with Crippen LogP contribution >= 0.6 is 0 Å². The normalized spacial score (nSPS) is 22.3. The minimum Gasteiger partial charge on any atom is -0.312 e. The minimum absolute atomic E-state index is 0.188. The molecule has 1 heterocycles. The maximum absolute atomic E-state index is 4.49. The van der Waals surface area contributed by atoms with Crippen molar-refractivity contribution in [3.63, 3.8) is 0 Å². The second-order valence-electron chi connectivity index (χ2n) is 7.18. The summed E-state index contributed by atoms with van der Waals surface area (Å²) in [6, 6.07) is 0. The van der Waals surface area contributed by atoms with Gasteiger partial charge in [-0.1, -0.05) is 40.7 Å². The standard InChI is InChI=1S/C17H32N2.C2H6/c1-7-8-9-15(18-6)16(2,3)11-10-14-12-17(4,5)19-13-14;1-2/h8-9,14,19H,7,10-13H2,1-6H3;1-2H3/b9-8-,18-15?;. The van der Waals surface area contributed by atoms with Crippen LogP contribution < -0.4 is 5.32 Å². The first-order chi connectivity index (χ1) is 9.80. The predicted molar refractivity (Wildman–Crippen MR) is 97.3 cm³/mol. The van der Waals surface area contributed by atoms with Gasteiger partial charge in [0.2, 0.25) is 0 Å². The van der Waals surface area contributed by atoms with Gasteiger partial charge in [0.15, 0.2) is 0 Å². The SMILES string of the molecule is CC.CC/C=C\C(=NC)C(C)(C)CCC1CNC(C)(C)C1. The first-order valence-electron chi connectivity index (χ1n) is 8.69. The van der Waals surface area contributed by atoms with Gasteiger partial charge in [0.25, 0.3) is 0 Å². The van der Waals surface area contributed by atoms with Gasteiger partial charge in [-0.15, -0.1) is 0 Å². The van der Waals surface area contributed by atoms with E-state index < -0.39 is 0 Å². The highest BCUT2D eigenvalue weighted by Gasteiger charge is 2.32. The third-order valence-corrected chi connectivity index (χ3v) is 4.29. The number of rotatable bonds is 6. The monoisotopic (exact) mass is 294 g/mol. The molecule has 1 rings (SSSR count). The molecule has 0 amide bonds. The number of hydrogen-bond acceptors (Lipinski definition) is 2. The van der Waals surface area contributed by atoms with Crippen LogP contribution in [0, 0.1) is 11.3 Å². The van der Waals surface area contributed by atoms with Gasteiger partial charge >= 0.3 is 0 Å². The third-order valence-electron chi connectivity index (χ3n) is 4.29. The van der Waals surface area contributed by atoms with E-state index in [-0.39, 0.29) is 5.41 Å². The predicted octanol–water partition coefficient (Wildman–Crippen LogP) is 5.24. The molecule has 21 heavy (non-hydrogen) atoms. The quantitative estimate of drug-likeness (QED) is 0.665. The van der Waals surface area contributed by atoms with Crippen LogP contribution in [0.1, 0.15) is 74.1 Å². The molecule has 0 aromatic heterocycles. The molecule has 124 valence electrons. The first-order valence-corrected chi connectivity index (χ1v) is 8.69. The fourth-order valence-corrected chi connectivity index (χ4v) is 3.02. The molecule has 1 atom stereocenters. The van der Waals surface area contributed by atoms with Crippen molar-refractivity contribution in [2.75, 3.05) is 13.6 Å². The van der Waals surface area contributed by atoms with Crippen molar-refractivity contribution in [1.29, 1.82) is 0 Å². The highest BCUT2D eigenvalue weighted by atomic mass is 15.0. The lowest BCUT2D eigenvalue weighted by molar-refractivity contribution is 0.378. The van der Waals surface area contributed by atoms with Crippen molar-refractivity contribution < 1.29 is 0 Å². The van der Waals surface area contributed by atoms with Crippen molar-refractivity contribution in [2.24, 2.45) is 16.3 Å². The van der Waals surface area contributed by atoms with E-state index in [0.29, 0.717) is 5.54 Å². The topological polar surface area (TPSA) is 24.4 Å². The summed E-state index contributed by atoms with van der Waals surface area (Å²) in [6.45, 7) is 16.6. The average molecular weight is 295 g/mol. The maximum atomic E-state index is 4.49. The highest BCUT2D eigenvalue weighted by Crippen LogP contribution is 2.32. The molecule has 2 nitrogen and oxygen atoms in total. The Morgan fingerprint density at radius 1 is 1.33 bits per heavy atom. The second kappa shape index (κ2) is 9.40. The number of nitrogens with zero attached hydrogens (tertiary/aromatic N) is 1. The van der Waals surface area contributed by atoms with E-state index in [9.17, 15) is 0 Å². The van der Waals surface area contributed by atoms with Crippen molar-refractivity contribution in [3.05, 3.63) is 12.2 Å². The Balaban J connectivity index is 0.00000191. The molecule has 0 bridgehead atoms. The summed E-state index contributed by atoms with van der Waals surface area (Å²) in [7, 11) is 1.91. The van der Waals surface area contributed by atoms with Crippen LogP contribution in [0.15, 0.2) is 17.1 Å². The lowest BCUT2D eigenvalue weighted by Crippen LogP contribution is -2.31. The Morgan fingerprint density at radius 2 is 1.95 bits per heavy atom. The Morgan fingerprint density at radius 3 is 2.38 bits per heavy atom. The van der Waals surface area contributed by atoms with E-state index >= 15 is 0 Å². The lowest BCUT2D eigenvalue weighted by atomic mass is 9.79. The summed E-state index contributed by atoms with van der Waals surface area (Å²) < 4.78 is 0. The van der Waals surface area contributed by atoms with Crippen LogP contribution in [0.4, 0.5) is 0 Å². The van der Waals surface area contributed by atoms with Gasteiger partial charge < -0.3 is 5.32 Å². The third kappa shape index (κ3) is 7.26. The Bertz CT molecular complexity index is 337.